The normalized spacial score (nSPS) is 14.0. The Bertz CT molecular complexity index is 1450. The van der Waals surface area contributed by atoms with E-state index in [1.165, 1.54) is 0 Å². The highest BCUT2D eigenvalue weighted by atomic mass is 16.5. The first-order chi connectivity index (χ1) is 16.1. The van der Waals surface area contributed by atoms with Crippen molar-refractivity contribution in [2.45, 2.75) is 52.9 Å². The van der Waals surface area contributed by atoms with Gasteiger partial charge in [-0.15, -0.1) is 0 Å². The van der Waals surface area contributed by atoms with Gasteiger partial charge in [-0.25, -0.2) is 9.67 Å². The van der Waals surface area contributed by atoms with Crippen LogP contribution in [0.15, 0.2) is 45.7 Å². The molecule has 1 aliphatic carbocycles. The van der Waals surface area contributed by atoms with Crippen LogP contribution < -0.4 is 10.9 Å². The van der Waals surface area contributed by atoms with Crippen LogP contribution >= 0.6 is 0 Å². The molecule has 0 bridgehead atoms. The van der Waals surface area contributed by atoms with Crippen molar-refractivity contribution in [3.05, 3.63) is 69.4 Å². The van der Waals surface area contributed by atoms with Crippen molar-refractivity contribution in [3.8, 4) is 5.69 Å². The summed E-state index contributed by atoms with van der Waals surface area (Å²) in [4.78, 5) is 31.6. The number of carbonyl (C=O) groups is 1. The van der Waals surface area contributed by atoms with Gasteiger partial charge >= 0.3 is 0 Å². The maximum absolute atomic E-state index is 13.6. The molecule has 8 heteroatoms. The summed E-state index contributed by atoms with van der Waals surface area (Å²) in [6.07, 6.45) is 2.72. The van der Waals surface area contributed by atoms with Gasteiger partial charge in [0.1, 0.15) is 5.69 Å². The minimum absolute atomic E-state index is 0.0495. The van der Waals surface area contributed by atoms with Crippen LogP contribution in [-0.2, 0) is 13.5 Å². The number of pyridine rings is 1. The Morgan fingerprint density at radius 3 is 2.56 bits per heavy atom. The van der Waals surface area contributed by atoms with E-state index in [9.17, 15) is 9.59 Å². The molecule has 1 aromatic carbocycles. The van der Waals surface area contributed by atoms with Crippen LogP contribution in [0.25, 0.3) is 16.8 Å². The molecule has 1 aliphatic rings. The van der Waals surface area contributed by atoms with Gasteiger partial charge in [0.25, 0.3) is 17.2 Å². The third-order valence-electron chi connectivity index (χ3n) is 6.27. The number of hydrogen-bond donors (Lipinski definition) is 1. The standard InChI is InChI=1S/C26H29N5O3/c1-15-22(25(33)31(30(15)5)17-9-7-6-8-10-17)28-23(32)18-13-19(16-11-12-16)27-24-21(18)20(29-34-24)14-26(2,3)4/h6-10,13,16H,11-12,14H2,1-5H3,(H,28,32). The number of nitrogens with zero attached hydrogens (tertiary/aromatic N) is 4. The molecular weight excluding hydrogens is 430 g/mol. The van der Waals surface area contributed by atoms with Gasteiger partial charge in [0.2, 0.25) is 0 Å². The molecule has 0 unspecified atom stereocenters. The third-order valence-corrected chi connectivity index (χ3v) is 6.27. The molecule has 1 saturated carbocycles. The lowest BCUT2D eigenvalue weighted by Gasteiger charge is -2.16. The predicted octanol–water partition coefficient (Wildman–Crippen LogP) is 4.74. The Hall–Kier alpha value is -3.68. The number of anilines is 1. The summed E-state index contributed by atoms with van der Waals surface area (Å²) >= 11 is 0. The first-order valence-electron chi connectivity index (χ1n) is 11.6. The van der Waals surface area contributed by atoms with Crippen molar-refractivity contribution in [1.82, 2.24) is 19.5 Å². The van der Waals surface area contributed by atoms with Crippen molar-refractivity contribution in [3.63, 3.8) is 0 Å². The highest BCUT2D eigenvalue weighted by molar-refractivity contribution is 6.12. The Morgan fingerprint density at radius 2 is 1.91 bits per heavy atom. The van der Waals surface area contributed by atoms with E-state index in [0.29, 0.717) is 40.4 Å². The number of carbonyl (C=O) groups excluding carboxylic acids is 1. The number of rotatable bonds is 5. The molecule has 0 aliphatic heterocycles. The summed E-state index contributed by atoms with van der Waals surface area (Å²) in [6, 6.07) is 11.2. The fourth-order valence-electron chi connectivity index (χ4n) is 4.31. The van der Waals surface area contributed by atoms with Crippen molar-refractivity contribution in [2.75, 3.05) is 5.32 Å². The Balaban J connectivity index is 1.59. The fraction of sp³-hybridized carbons (Fsp3) is 0.385. The molecule has 1 amide bonds. The molecule has 0 spiro atoms. The van der Waals surface area contributed by atoms with Gasteiger partial charge in [0, 0.05) is 18.7 Å². The van der Waals surface area contributed by atoms with Crippen LogP contribution in [0, 0.1) is 12.3 Å². The average Bonchev–Trinajstić information content (AvgIpc) is 3.54. The van der Waals surface area contributed by atoms with Crippen LogP contribution in [-0.4, -0.2) is 25.4 Å². The molecule has 4 aromatic rings. The number of benzene rings is 1. The van der Waals surface area contributed by atoms with Crippen molar-refractivity contribution < 1.29 is 9.32 Å². The van der Waals surface area contributed by atoms with E-state index in [4.69, 9.17) is 4.52 Å². The summed E-state index contributed by atoms with van der Waals surface area (Å²) in [6.45, 7) is 8.15. The van der Waals surface area contributed by atoms with Crippen LogP contribution in [0.5, 0.6) is 0 Å². The Labute approximate surface area is 197 Å². The quantitative estimate of drug-likeness (QED) is 0.465. The van der Waals surface area contributed by atoms with Crippen LogP contribution in [0.2, 0.25) is 0 Å². The lowest BCUT2D eigenvalue weighted by atomic mass is 9.89. The van der Waals surface area contributed by atoms with Crippen molar-refractivity contribution in [1.29, 1.82) is 0 Å². The van der Waals surface area contributed by atoms with Gasteiger partial charge < -0.3 is 9.84 Å². The highest BCUT2D eigenvalue weighted by Crippen LogP contribution is 2.41. The zero-order chi connectivity index (χ0) is 24.2. The summed E-state index contributed by atoms with van der Waals surface area (Å²) in [5.41, 5.74) is 3.67. The third kappa shape index (κ3) is 3.93. The van der Waals surface area contributed by atoms with Crippen LogP contribution in [0.4, 0.5) is 5.69 Å². The molecule has 0 radical (unpaired) electrons. The summed E-state index contributed by atoms with van der Waals surface area (Å²) in [5.74, 6) is -0.0282. The molecule has 3 aromatic heterocycles. The second-order valence-corrected chi connectivity index (χ2v) is 10.3. The molecule has 3 heterocycles. The first-order valence-corrected chi connectivity index (χ1v) is 11.6. The Kier molecular flexibility index (Phi) is 5.19. The minimum Gasteiger partial charge on any atom is -0.336 e. The van der Waals surface area contributed by atoms with E-state index in [2.05, 4.69) is 36.2 Å². The molecule has 1 N–H and O–H groups in total. The van der Waals surface area contributed by atoms with Gasteiger partial charge in [0.05, 0.1) is 28.0 Å². The minimum atomic E-state index is -0.362. The van der Waals surface area contributed by atoms with E-state index < -0.39 is 0 Å². The van der Waals surface area contributed by atoms with Gasteiger partial charge in [0.15, 0.2) is 0 Å². The fourth-order valence-corrected chi connectivity index (χ4v) is 4.31. The van der Waals surface area contributed by atoms with E-state index >= 15 is 0 Å². The zero-order valence-electron chi connectivity index (χ0n) is 20.2. The second kappa shape index (κ2) is 7.97. The molecule has 0 atom stereocenters. The topological polar surface area (TPSA) is 95.0 Å². The zero-order valence-corrected chi connectivity index (χ0v) is 20.2. The Morgan fingerprint density at radius 1 is 1.21 bits per heavy atom. The molecule has 0 saturated heterocycles. The summed E-state index contributed by atoms with van der Waals surface area (Å²) in [5, 5.41) is 7.77. The van der Waals surface area contributed by atoms with Gasteiger partial charge in [-0.05, 0) is 49.8 Å². The monoisotopic (exact) mass is 459 g/mol. The number of para-hydroxylation sites is 1. The maximum atomic E-state index is 13.6. The van der Waals surface area contributed by atoms with Gasteiger partial charge in [-0.3, -0.25) is 14.3 Å². The first kappa shape index (κ1) is 22.1. The van der Waals surface area contributed by atoms with E-state index in [1.807, 2.05) is 43.3 Å². The second-order valence-electron chi connectivity index (χ2n) is 10.3. The lowest BCUT2D eigenvalue weighted by molar-refractivity contribution is 0.102. The molecule has 1 fully saturated rings. The smallest absolute Gasteiger partial charge is 0.295 e. The highest BCUT2D eigenvalue weighted by Gasteiger charge is 2.30. The van der Waals surface area contributed by atoms with Crippen LogP contribution in [0.1, 0.15) is 67.0 Å². The molecular formula is C26H29N5O3. The van der Waals surface area contributed by atoms with Gasteiger partial charge in [-0.2, -0.15) is 0 Å². The number of nitrogens with one attached hydrogen (secondary N) is 1. The summed E-state index contributed by atoms with van der Waals surface area (Å²) in [7, 11) is 1.80. The number of amides is 1. The molecule has 8 nitrogen and oxygen atoms in total. The molecule has 5 rings (SSSR count). The van der Waals surface area contributed by atoms with Crippen LogP contribution in [0.3, 0.4) is 0 Å². The number of hydrogen-bond acceptors (Lipinski definition) is 5. The number of fused-ring (bicyclic) bond motifs is 1. The molecule has 176 valence electrons. The summed E-state index contributed by atoms with van der Waals surface area (Å²) < 4.78 is 8.87. The van der Waals surface area contributed by atoms with Crippen molar-refractivity contribution >= 4 is 22.7 Å². The SMILES string of the molecule is Cc1c(NC(=O)c2cc(C3CC3)nc3onc(CC(C)(C)C)c23)c(=O)n(-c2ccccc2)n1C. The van der Waals surface area contributed by atoms with E-state index in [0.717, 1.165) is 24.2 Å². The van der Waals surface area contributed by atoms with E-state index in [-0.39, 0.29) is 22.6 Å². The average molecular weight is 460 g/mol. The van der Waals surface area contributed by atoms with E-state index in [1.54, 1.807) is 16.4 Å². The van der Waals surface area contributed by atoms with Crippen molar-refractivity contribution in [2.24, 2.45) is 12.5 Å². The maximum Gasteiger partial charge on any atom is 0.295 e. The van der Waals surface area contributed by atoms with Gasteiger partial charge in [-0.1, -0.05) is 44.1 Å². The largest absolute Gasteiger partial charge is 0.336 e. The number of aromatic nitrogens is 4. The molecule has 34 heavy (non-hydrogen) atoms. The predicted molar refractivity (Wildman–Crippen MR) is 131 cm³/mol. The lowest BCUT2D eigenvalue weighted by Crippen LogP contribution is -2.23.